The number of ether oxygens (including phenoxy) is 4. The summed E-state index contributed by atoms with van der Waals surface area (Å²) in [5, 5.41) is 11.4. The molecular formula is C30H47NO6. The highest BCUT2D eigenvalue weighted by molar-refractivity contribution is 5.85. The van der Waals surface area contributed by atoms with Crippen molar-refractivity contribution in [3.05, 3.63) is 11.6 Å². The molecule has 0 unspecified atom stereocenters. The molecule has 6 rings (SSSR count). The van der Waals surface area contributed by atoms with E-state index in [-0.39, 0.29) is 24.2 Å². The minimum absolute atomic E-state index is 0.103. The van der Waals surface area contributed by atoms with E-state index in [1.807, 2.05) is 0 Å². The van der Waals surface area contributed by atoms with Crippen LogP contribution in [0.4, 0.5) is 0 Å². The summed E-state index contributed by atoms with van der Waals surface area (Å²) < 4.78 is 25.6. The van der Waals surface area contributed by atoms with Gasteiger partial charge in [-0.2, -0.15) is 0 Å². The van der Waals surface area contributed by atoms with Gasteiger partial charge in [0.1, 0.15) is 5.41 Å². The zero-order valence-electron chi connectivity index (χ0n) is 23.4. The molecular weight excluding hydrogens is 470 g/mol. The van der Waals surface area contributed by atoms with Gasteiger partial charge in [0, 0.05) is 23.9 Å². The molecule has 0 radical (unpaired) electrons. The van der Waals surface area contributed by atoms with Crippen molar-refractivity contribution >= 4 is 5.97 Å². The number of hydrogen-bond acceptors (Lipinski definition) is 6. The molecule has 5 fully saturated rings. The second-order valence-corrected chi connectivity index (χ2v) is 13.4. The number of allylic oxidation sites excluding steroid dienone is 1. The number of nitrogens with zero attached hydrogens (tertiary/aromatic N) is 1. The van der Waals surface area contributed by atoms with Crippen LogP contribution in [-0.4, -0.2) is 74.1 Å². The summed E-state index contributed by atoms with van der Waals surface area (Å²) in [7, 11) is 0. The Labute approximate surface area is 222 Å². The van der Waals surface area contributed by atoms with Gasteiger partial charge in [0.2, 0.25) is 0 Å². The summed E-state index contributed by atoms with van der Waals surface area (Å²) in [6, 6.07) is 0. The first-order valence-corrected chi connectivity index (χ1v) is 14.9. The van der Waals surface area contributed by atoms with E-state index in [2.05, 4.69) is 45.6 Å². The van der Waals surface area contributed by atoms with Crippen LogP contribution in [0.15, 0.2) is 11.6 Å². The summed E-state index contributed by atoms with van der Waals surface area (Å²) in [6.07, 6.45) is 6.69. The Morgan fingerprint density at radius 3 is 2.62 bits per heavy atom. The fourth-order valence-corrected chi connectivity index (χ4v) is 10.3. The second-order valence-electron chi connectivity index (χ2n) is 13.4. The van der Waals surface area contributed by atoms with Gasteiger partial charge >= 0.3 is 5.97 Å². The van der Waals surface area contributed by atoms with Crippen LogP contribution in [0.5, 0.6) is 0 Å². The monoisotopic (exact) mass is 517 g/mol. The van der Waals surface area contributed by atoms with E-state index in [9.17, 15) is 9.90 Å². The number of carbonyl (C=O) groups is 1. The van der Waals surface area contributed by atoms with E-state index >= 15 is 0 Å². The molecule has 2 saturated heterocycles. The lowest BCUT2D eigenvalue weighted by atomic mass is 9.42. The Balaban J connectivity index is 1.43. The molecule has 0 aromatic carbocycles. The van der Waals surface area contributed by atoms with E-state index in [0.717, 1.165) is 57.3 Å². The van der Waals surface area contributed by atoms with E-state index < -0.39 is 28.5 Å². The predicted molar refractivity (Wildman–Crippen MR) is 139 cm³/mol. The fourth-order valence-electron chi connectivity index (χ4n) is 10.3. The molecule has 2 aliphatic heterocycles. The van der Waals surface area contributed by atoms with Crippen molar-refractivity contribution in [2.24, 2.45) is 45.8 Å². The number of aliphatic carboxylic acids is 1. The number of rotatable bonds is 8. The van der Waals surface area contributed by atoms with Crippen LogP contribution in [0.25, 0.3) is 0 Å². The van der Waals surface area contributed by atoms with Crippen LogP contribution in [0, 0.1) is 45.8 Å². The van der Waals surface area contributed by atoms with Crippen molar-refractivity contribution in [1.82, 2.24) is 4.90 Å². The fraction of sp³-hybridized carbons (Fsp3) is 0.900. The van der Waals surface area contributed by atoms with Crippen LogP contribution >= 0.6 is 0 Å². The van der Waals surface area contributed by atoms with Crippen LogP contribution in [-0.2, 0) is 23.7 Å². The molecule has 208 valence electrons. The zero-order chi connectivity index (χ0) is 26.2. The Hall–Kier alpha value is -0.990. The number of carboxylic acid groups (broad SMARTS) is 1. The molecule has 0 aromatic heterocycles. The summed E-state index contributed by atoms with van der Waals surface area (Å²) in [5.74, 6) is 0.938. The maximum Gasteiger partial charge on any atom is 0.315 e. The second kappa shape index (κ2) is 9.29. The molecule has 7 nitrogen and oxygen atoms in total. The maximum absolute atomic E-state index is 13.9. The molecule has 4 aliphatic carbocycles. The first-order valence-electron chi connectivity index (χ1n) is 14.9. The molecule has 9 atom stereocenters. The third-order valence-electron chi connectivity index (χ3n) is 11.3. The smallest absolute Gasteiger partial charge is 0.315 e. The molecule has 6 aliphatic rings. The van der Waals surface area contributed by atoms with Crippen LogP contribution in [0.2, 0.25) is 0 Å². The van der Waals surface area contributed by atoms with E-state index in [4.69, 9.17) is 18.9 Å². The summed E-state index contributed by atoms with van der Waals surface area (Å²) in [4.78, 5) is 16.4. The van der Waals surface area contributed by atoms with Gasteiger partial charge in [-0.3, -0.25) is 9.69 Å². The van der Waals surface area contributed by atoms with E-state index in [1.165, 1.54) is 0 Å². The molecule has 3 saturated carbocycles. The molecule has 1 N–H and O–H groups in total. The van der Waals surface area contributed by atoms with Crippen LogP contribution in [0.3, 0.4) is 0 Å². The standard InChI is InChI=1S/C30H47NO6/c1-6-9-31-15-20(5)37-25(16-31)36-17-28-14-22-19(4)7-8-23(22)29(27-34-10-11-35-27)13-21(28)12-24(18(2)3)30(28,29)26(32)33/h12,18-23,25,27H,6-11,13-17H2,1-5H3,(H,32,33)/t19-,20-,21+,22-,23-,25-,28+,29-,30-/m1/s1. The SMILES string of the molecule is CCCN1C[C@H](OC[C@@]23C[C@@H]4[C@H](C)CC[C@H]4[C@@]4(C5OCCO5)C[C@@H]2C=C(C(C)C)[C@@]34C(=O)O)O[C@H](C)C1. The summed E-state index contributed by atoms with van der Waals surface area (Å²) >= 11 is 0. The van der Waals surface area contributed by atoms with Crippen LogP contribution in [0.1, 0.15) is 66.7 Å². The lowest BCUT2D eigenvalue weighted by molar-refractivity contribution is -0.262. The number of fused-ring (bicyclic) bond motifs is 2. The third-order valence-corrected chi connectivity index (χ3v) is 11.3. The average molecular weight is 518 g/mol. The largest absolute Gasteiger partial charge is 0.481 e. The Bertz CT molecular complexity index is 931. The van der Waals surface area contributed by atoms with Gasteiger partial charge in [0.05, 0.1) is 25.9 Å². The molecule has 0 aromatic rings. The van der Waals surface area contributed by atoms with Gasteiger partial charge in [0.25, 0.3) is 0 Å². The molecule has 4 bridgehead atoms. The van der Waals surface area contributed by atoms with E-state index in [1.54, 1.807) is 0 Å². The highest BCUT2D eigenvalue weighted by Gasteiger charge is 2.86. The van der Waals surface area contributed by atoms with Crippen molar-refractivity contribution in [3.8, 4) is 0 Å². The average Bonchev–Trinajstić information content (AvgIpc) is 3.60. The quantitative estimate of drug-likeness (QED) is 0.473. The van der Waals surface area contributed by atoms with Crippen molar-refractivity contribution in [3.63, 3.8) is 0 Å². The highest BCUT2D eigenvalue weighted by Crippen LogP contribution is 2.84. The van der Waals surface area contributed by atoms with Gasteiger partial charge in [-0.1, -0.05) is 45.8 Å². The van der Waals surface area contributed by atoms with Crippen LogP contribution < -0.4 is 0 Å². The van der Waals surface area contributed by atoms with Crippen molar-refractivity contribution in [1.29, 1.82) is 0 Å². The van der Waals surface area contributed by atoms with Crippen molar-refractivity contribution < 1.29 is 28.8 Å². The summed E-state index contributed by atoms with van der Waals surface area (Å²) in [6.45, 7) is 15.2. The van der Waals surface area contributed by atoms with E-state index in [0.29, 0.717) is 37.6 Å². The normalized spacial score (nSPS) is 47.6. The van der Waals surface area contributed by atoms with Crippen molar-refractivity contribution in [2.75, 3.05) is 39.5 Å². The Kier molecular flexibility index (Phi) is 6.59. The molecule has 37 heavy (non-hydrogen) atoms. The topological polar surface area (TPSA) is 77.5 Å². The lowest BCUT2D eigenvalue weighted by Gasteiger charge is -2.61. The molecule has 2 heterocycles. The number of hydrogen-bond donors (Lipinski definition) is 1. The molecule has 0 spiro atoms. The number of carboxylic acids is 1. The highest BCUT2D eigenvalue weighted by atomic mass is 16.7. The minimum Gasteiger partial charge on any atom is -0.481 e. The van der Waals surface area contributed by atoms with Gasteiger partial charge < -0.3 is 24.1 Å². The predicted octanol–water partition coefficient (Wildman–Crippen LogP) is 4.56. The third kappa shape index (κ3) is 3.39. The molecule has 7 heteroatoms. The maximum atomic E-state index is 13.9. The Morgan fingerprint density at radius 1 is 1.19 bits per heavy atom. The summed E-state index contributed by atoms with van der Waals surface area (Å²) in [5.41, 5.74) is -1.02. The Morgan fingerprint density at radius 2 is 1.95 bits per heavy atom. The minimum atomic E-state index is -1.04. The van der Waals surface area contributed by atoms with Gasteiger partial charge in [-0.05, 0) is 68.7 Å². The first-order chi connectivity index (χ1) is 17.7. The van der Waals surface area contributed by atoms with Gasteiger partial charge in [-0.25, -0.2) is 0 Å². The van der Waals surface area contributed by atoms with Crippen molar-refractivity contribution in [2.45, 2.75) is 85.4 Å². The zero-order valence-corrected chi connectivity index (χ0v) is 23.4. The molecule has 0 amide bonds. The van der Waals surface area contributed by atoms with Gasteiger partial charge in [-0.15, -0.1) is 0 Å². The van der Waals surface area contributed by atoms with Gasteiger partial charge in [0.15, 0.2) is 12.6 Å². The lowest BCUT2D eigenvalue weighted by Crippen LogP contribution is -2.66. The number of morpholine rings is 1. The first kappa shape index (κ1) is 26.2.